The third-order valence-corrected chi connectivity index (χ3v) is 2.11. The molecule has 0 saturated carbocycles. The molecule has 1 rings (SSSR count). The van der Waals surface area contributed by atoms with E-state index in [0.717, 1.165) is 0 Å². The third-order valence-electron chi connectivity index (χ3n) is 1.43. The minimum atomic E-state index is -6.00. The molecule has 0 aliphatic heterocycles. The Kier molecular flexibility index (Phi) is 11.5. The first-order valence-electron chi connectivity index (χ1n) is 5.13. The van der Waals surface area contributed by atoms with Crippen molar-refractivity contribution < 1.29 is 52.8 Å². The van der Waals surface area contributed by atoms with Gasteiger partial charge in [-0.25, -0.2) is 0 Å². The quantitative estimate of drug-likeness (QED) is 0.401. The SMILES string of the molecule is F[B-](F)(F)F.F[B-](F)(F)F.[Rh+2][C]1=CC=CCCCC1. The van der Waals surface area contributed by atoms with E-state index in [2.05, 4.69) is 36.5 Å². The van der Waals surface area contributed by atoms with E-state index < -0.39 is 14.5 Å². The molecule has 0 spiro atoms. The van der Waals surface area contributed by atoms with Crippen LogP contribution in [0.1, 0.15) is 25.7 Å². The van der Waals surface area contributed by atoms with Crippen LogP contribution in [0, 0.1) is 0 Å². The normalized spacial score (nSPS) is 15.9. The average Bonchev–Trinajstić information content (AvgIpc) is 2.05. The van der Waals surface area contributed by atoms with Crippen LogP contribution in [0.4, 0.5) is 34.5 Å². The minimum absolute atomic E-state index is 1.25. The van der Waals surface area contributed by atoms with Gasteiger partial charge in [0, 0.05) is 0 Å². The summed E-state index contributed by atoms with van der Waals surface area (Å²) in [7, 11) is -12.0. The molecule has 0 heterocycles. The van der Waals surface area contributed by atoms with Gasteiger partial charge < -0.3 is 34.5 Å². The van der Waals surface area contributed by atoms with Gasteiger partial charge in [0.05, 0.1) is 0 Å². The molecule has 0 unspecified atom stereocenters. The molecule has 19 heavy (non-hydrogen) atoms. The first-order chi connectivity index (χ1) is 8.39. The topological polar surface area (TPSA) is 0 Å². The first-order valence-corrected chi connectivity index (χ1v) is 5.95. The monoisotopic (exact) mass is 384 g/mol. The Morgan fingerprint density at radius 3 is 1.68 bits per heavy atom. The summed E-state index contributed by atoms with van der Waals surface area (Å²) in [5, 5.41) is 0. The maximum absolute atomic E-state index is 9.75. The Balaban J connectivity index is 0. The van der Waals surface area contributed by atoms with Crippen LogP contribution in [0.3, 0.4) is 0 Å². The zero-order valence-corrected chi connectivity index (χ0v) is 11.2. The molecule has 0 N–H and O–H groups in total. The Morgan fingerprint density at radius 1 is 0.842 bits per heavy atom. The van der Waals surface area contributed by atoms with Crippen LogP contribution >= 0.6 is 0 Å². The summed E-state index contributed by atoms with van der Waals surface area (Å²) in [5.74, 6) is 0. The van der Waals surface area contributed by atoms with Crippen LogP contribution in [0.2, 0.25) is 0 Å². The van der Waals surface area contributed by atoms with Crippen molar-refractivity contribution in [2.24, 2.45) is 0 Å². The van der Waals surface area contributed by atoms with Crippen molar-refractivity contribution in [3.8, 4) is 0 Å². The van der Waals surface area contributed by atoms with Crippen molar-refractivity contribution in [2.45, 2.75) is 25.7 Å². The van der Waals surface area contributed by atoms with Gasteiger partial charge in [0.2, 0.25) is 0 Å². The van der Waals surface area contributed by atoms with Gasteiger partial charge in [0.15, 0.2) is 0 Å². The van der Waals surface area contributed by atoms with E-state index in [1.54, 1.807) is 0 Å². The molecule has 1 aliphatic carbocycles. The van der Waals surface area contributed by atoms with Crippen molar-refractivity contribution in [3.63, 3.8) is 0 Å². The van der Waals surface area contributed by atoms with E-state index in [1.807, 2.05) is 0 Å². The first kappa shape index (κ1) is 21.0. The molecule has 0 aromatic carbocycles. The zero-order chi connectivity index (χ0) is 15.5. The van der Waals surface area contributed by atoms with Crippen LogP contribution in [-0.4, -0.2) is 14.5 Å². The Bertz CT molecular complexity index is 259. The van der Waals surface area contributed by atoms with E-state index in [1.165, 1.54) is 29.9 Å². The van der Waals surface area contributed by atoms with Gasteiger partial charge in [-0.3, -0.25) is 0 Å². The predicted octanol–water partition coefficient (Wildman–Crippen LogP) is 5.15. The molecule has 0 nitrogen and oxygen atoms in total. The molecule has 11 heteroatoms. The summed E-state index contributed by atoms with van der Waals surface area (Å²) in [6.07, 6.45) is 11.7. The second-order valence-electron chi connectivity index (χ2n) is 3.25. The fourth-order valence-electron chi connectivity index (χ4n) is 0.896. The predicted molar refractivity (Wildman–Crippen MR) is 56.1 cm³/mol. The van der Waals surface area contributed by atoms with Crippen LogP contribution in [0.15, 0.2) is 22.4 Å². The van der Waals surface area contributed by atoms with E-state index in [4.69, 9.17) is 0 Å². The average molecular weight is 384 g/mol. The van der Waals surface area contributed by atoms with Gasteiger partial charge in [0.1, 0.15) is 0 Å². The second-order valence-corrected chi connectivity index (χ2v) is 4.30. The third kappa shape index (κ3) is 46.4. The van der Waals surface area contributed by atoms with Gasteiger partial charge in [-0.05, 0) is 0 Å². The molecule has 0 radical (unpaired) electrons. The summed E-state index contributed by atoms with van der Waals surface area (Å²) in [5.41, 5.74) is 0. The van der Waals surface area contributed by atoms with Crippen molar-refractivity contribution in [2.75, 3.05) is 0 Å². The molecular weight excluding hydrogens is 373 g/mol. The molecule has 1 aliphatic rings. The van der Waals surface area contributed by atoms with Crippen molar-refractivity contribution in [3.05, 3.63) is 22.4 Å². The fourth-order valence-corrected chi connectivity index (χ4v) is 1.34. The molecular formula is C8H11B2F8Rh. The molecule has 0 saturated heterocycles. The molecule has 0 amide bonds. The summed E-state index contributed by atoms with van der Waals surface area (Å²) in [6, 6.07) is 0. The van der Waals surface area contributed by atoms with Crippen LogP contribution in [0.5, 0.6) is 0 Å². The molecule has 114 valence electrons. The summed E-state index contributed by atoms with van der Waals surface area (Å²) >= 11 is 2.95. The molecule has 0 bridgehead atoms. The number of rotatable bonds is 0. The van der Waals surface area contributed by atoms with Crippen molar-refractivity contribution >= 4 is 14.5 Å². The summed E-state index contributed by atoms with van der Waals surface area (Å²) in [4.78, 5) is 0. The van der Waals surface area contributed by atoms with E-state index in [-0.39, 0.29) is 0 Å². The van der Waals surface area contributed by atoms with Gasteiger partial charge in [0.25, 0.3) is 0 Å². The van der Waals surface area contributed by atoms with Gasteiger partial charge in [-0.2, -0.15) is 0 Å². The molecule has 0 aromatic rings. The number of hydrogen-bond acceptors (Lipinski definition) is 0. The van der Waals surface area contributed by atoms with Gasteiger partial charge in [-0.1, -0.05) is 0 Å². The standard InChI is InChI=1S/C8H11.2BF4.Rh/c1-2-4-6-8-7-5-3-1;2*2-1(3,4)5;/h1-3H,4,6-8H2;;;/q;2*-1;+2. The van der Waals surface area contributed by atoms with Crippen molar-refractivity contribution in [1.82, 2.24) is 0 Å². The van der Waals surface area contributed by atoms with Crippen LogP contribution < -0.4 is 0 Å². The fraction of sp³-hybridized carbons (Fsp3) is 0.500. The van der Waals surface area contributed by atoms with E-state index in [0.29, 0.717) is 0 Å². The second kappa shape index (κ2) is 10.5. The number of hydrogen-bond donors (Lipinski definition) is 0. The van der Waals surface area contributed by atoms with Crippen LogP contribution in [-0.2, 0) is 18.3 Å². The van der Waals surface area contributed by atoms with E-state index >= 15 is 0 Å². The molecule has 0 fully saturated rings. The number of halogens is 8. The Morgan fingerprint density at radius 2 is 1.26 bits per heavy atom. The summed E-state index contributed by atoms with van der Waals surface area (Å²) in [6.45, 7) is 0. The summed E-state index contributed by atoms with van der Waals surface area (Å²) < 4.78 is 79.4. The van der Waals surface area contributed by atoms with Gasteiger partial charge in [-0.15, -0.1) is 0 Å². The van der Waals surface area contributed by atoms with Gasteiger partial charge >= 0.3 is 80.9 Å². The van der Waals surface area contributed by atoms with Crippen LogP contribution in [0.25, 0.3) is 0 Å². The molecule has 0 atom stereocenters. The number of allylic oxidation sites excluding steroid dienone is 4. The maximum atomic E-state index is 9.75. The zero-order valence-electron chi connectivity index (χ0n) is 9.57. The Hall–Kier alpha value is -0.327. The Labute approximate surface area is 116 Å². The van der Waals surface area contributed by atoms with Crippen molar-refractivity contribution in [1.29, 1.82) is 0 Å². The molecule has 0 aromatic heterocycles. The van der Waals surface area contributed by atoms with E-state index in [9.17, 15) is 34.5 Å².